The van der Waals surface area contributed by atoms with Gasteiger partial charge in [0, 0.05) is 30.3 Å². The standard InChI is InChI=1S/C36H53NO3/c1-5-6-7-21-37-22-9-11-33(37)36(19-20-36)34(40)17-12-25(2)30-15-16-31-27(10-8-18-35(30,31)4)13-14-28-23-29(38)24-32(39)26(28)3/h9,11-14,17,22,25,29-32,34,38-40H,3,5-8,10,15-16,18-21,23-24H2,1-2,4H3/b17-12+,27-13+,28-14-/t25-,29-,30-,31+,32+,34+,35-/m1/s1. The van der Waals surface area contributed by atoms with Crippen LogP contribution >= 0.6 is 0 Å². The molecule has 3 N–H and O–H groups in total. The molecule has 4 aliphatic carbocycles. The van der Waals surface area contributed by atoms with Crippen LogP contribution in [0.15, 0.2) is 65.9 Å². The van der Waals surface area contributed by atoms with Crippen molar-refractivity contribution in [2.45, 2.75) is 128 Å². The van der Waals surface area contributed by atoms with E-state index < -0.39 is 18.3 Å². The summed E-state index contributed by atoms with van der Waals surface area (Å²) in [5.41, 5.74) is 4.78. The van der Waals surface area contributed by atoms with Crippen LogP contribution in [-0.2, 0) is 12.0 Å². The van der Waals surface area contributed by atoms with Crippen molar-refractivity contribution in [3.8, 4) is 0 Å². The van der Waals surface area contributed by atoms with Crippen molar-refractivity contribution in [1.82, 2.24) is 4.57 Å². The fourth-order valence-electron chi connectivity index (χ4n) is 8.64. The highest BCUT2D eigenvalue weighted by atomic mass is 16.3. The lowest BCUT2D eigenvalue weighted by atomic mass is 9.61. The summed E-state index contributed by atoms with van der Waals surface area (Å²) in [4.78, 5) is 0. The predicted molar refractivity (Wildman–Crippen MR) is 164 cm³/mol. The Balaban J connectivity index is 1.26. The van der Waals surface area contributed by atoms with Crippen molar-refractivity contribution in [2.24, 2.45) is 23.2 Å². The third kappa shape index (κ3) is 5.74. The number of unbranched alkanes of at least 4 members (excludes halogenated alkanes) is 2. The summed E-state index contributed by atoms with van der Waals surface area (Å²) in [5, 5.41) is 31.8. The highest BCUT2D eigenvalue weighted by Gasteiger charge is 2.52. The minimum absolute atomic E-state index is 0.105. The molecule has 0 aromatic carbocycles. The fraction of sp³-hybridized carbons (Fsp3) is 0.667. The number of rotatable bonds is 10. The molecule has 0 amide bonds. The third-order valence-corrected chi connectivity index (χ3v) is 11.2. The number of fused-ring (bicyclic) bond motifs is 1. The summed E-state index contributed by atoms with van der Waals surface area (Å²) in [7, 11) is 0. The summed E-state index contributed by atoms with van der Waals surface area (Å²) in [5.74, 6) is 1.62. The first kappa shape index (κ1) is 29.6. The maximum absolute atomic E-state index is 11.4. The van der Waals surface area contributed by atoms with Crippen LogP contribution in [0.4, 0.5) is 0 Å². The predicted octanol–water partition coefficient (Wildman–Crippen LogP) is 7.40. The van der Waals surface area contributed by atoms with Gasteiger partial charge >= 0.3 is 0 Å². The molecule has 4 aliphatic rings. The molecule has 0 unspecified atom stereocenters. The highest BCUT2D eigenvalue weighted by molar-refractivity contribution is 5.39. The summed E-state index contributed by atoms with van der Waals surface area (Å²) < 4.78 is 2.39. The number of aliphatic hydroxyl groups is 3. The van der Waals surface area contributed by atoms with Gasteiger partial charge in [-0.15, -0.1) is 0 Å². The Labute approximate surface area is 242 Å². The molecule has 4 saturated carbocycles. The fourth-order valence-corrected chi connectivity index (χ4v) is 8.64. The molecule has 4 nitrogen and oxygen atoms in total. The zero-order chi connectivity index (χ0) is 28.5. The Morgan fingerprint density at radius 1 is 1.12 bits per heavy atom. The smallest absolute Gasteiger partial charge is 0.0831 e. The van der Waals surface area contributed by atoms with Gasteiger partial charge in [0.2, 0.25) is 0 Å². The van der Waals surface area contributed by atoms with E-state index in [1.807, 2.05) is 0 Å². The monoisotopic (exact) mass is 547 g/mol. The normalized spacial score (nSPS) is 35.4. The minimum atomic E-state index is -0.635. The quantitative estimate of drug-likeness (QED) is 0.211. The van der Waals surface area contributed by atoms with Crippen molar-refractivity contribution in [2.75, 3.05) is 0 Å². The summed E-state index contributed by atoms with van der Waals surface area (Å²) in [6.07, 6.45) is 22.4. The van der Waals surface area contributed by atoms with Gasteiger partial charge in [0.25, 0.3) is 0 Å². The summed E-state index contributed by atoms with van der Waals surface area (Å²) in [6.45, 7) is 12.3. The van der Waals surface area contributed by atoms with Crippen molar-refractivity contribution < 1.29 is 15.3 Å². The van der Waals surface area contributed by atoms with Gasteiger partial charge in [0.05, 0.1) is 18.3 Å². The maximum Gasteiger partial charge on any atom is 0.0831 e. The molecule has 0 spiro atoms. The van der Waals surface area contributed by atoms with Crippen LogP contribution in [0.2, 0.25) is 0 Å². The third-order valence-electron chi connectivity index (χ3n) is 11.2. The van der Waals surface area contributed by atoms with Gasteiger partial charge in [-0.25, -0.2) is 0 Å². The first-order chi connectivity index (χ1) is 19.2. The summed E-state index contributed by atoms with van der Waals surface area (Å²) in [6, 6.07) is 4.38. The summed E-state index contributed by atoms with van der Waals surface area (Å²) >= 11 is 0. The second-order valence-corrected chi connectivity index (χ2v) is 13.8. The number of nitrogens with zero attached hydrogens (tertiary/aromatic N) is 1. The lowest BCUT2D eigenvalue weighted by Crippen LogP contribution is -2.35. The molecule has 1 aromatic heterocycles. The average molecular weight is 548 g/mol. The van der Waals surface area contributed by atoms with Gasteiger partial charge in [0.1, 0.15) is 0 Å². The molecule has 0 aliphatic heterocycles. The first-order valence-corrected chi connectivity index (χ1v) is 16.2. The van der Waals surface area contributed by atoms with E-state index >= 15 is 0 Å². The topological polar surface area (TPSA) is 65.6 Å². The lowest BCUT2D eigenvalue weighted by Gasteiger charge is -2.44. The van der Waals surface area contributed by atoms with Crippen molar-refractivity contribution >= 4 is 0 Å². The maximum atomic E-state index is 11.4. The van der Waals surface area contributed by atoms with Crippen molar-refractivity contribution in [1.29, 1.82) is 0 Å². The van der Waals surface area contributed by atoms with Gasteiger partial charge < -0.3 is 19.9 Å². The van der Waals surface area contributed by atoms with Crippen LogP contribution in [0.1, 0.15) is 104 Å². The molecule has 0 radical (unpaired) electrons. The Bertz CT molecular complexity index is 1140. The van der Waals surface area contributed by atoms with Gasteiger partial charge in [-0.3, -0.25) is 0 Å². The molecule has 5 rings (SSSR count). The Morgan fingerprint density at radius 2 is 1.93 bits per heavy atom. The SMILES string of the molecule is C=C1/C(=C\C=C2/CCC[C@]3(C)[C@@H]([C@H](C)/C=C/[C@H](O)C4(c5cccn5CCCCC)CC4)CC[C@@H]23)C[C@@H](O)C[C@@H]1O. The van der Waals surface area contributed by atoms with Crippen LogP contribution in [0.3, 0.4) is 0 Å². The largest absolute Gasteiger partial charge is 0.393 e. The first-order valence-electron chi connectivity index (χ1n) is 16.2. The zero-order valence-corrected chi connectivity index (χ0v) is 25.2. The van der Waals surface area contributed by atoms with E-state index in [0.717, 1.165) is 37.0 Å². The molecule has 4 fully saturated rings. The Morgan fingerprint density at radius 3 is 2.67 bits per heavy atom. The van der Waals surface area contributed by atoms with Crippen LogP contribution in [-0.4, -0.2) is 38.2 Å². The molecule has 7 atom stereocenters. The minimum Gasteiger partial charge on any atom is -0.393 e. The van der Waals surface area contributed by atoms with E-state index in [4.69, 9.17) is 0 Å². The van der Waals surface area contributed by atoms with Gasteiger partial charge in [-0.1, -0.05) is 70.1 Å². The lowest BCUT2D eigenvalue weighted by molar-refractivity contribution is 0.0862. The molecular formula is C36H53NO3. The molecule has 220 valence electrons. The number of aliphatic hydroxyl groups excluding tert-OH is 3. The van der Waals surface area contributed by atoms with Crippen molar-refractivity contribution in [3.63, 3.8) is 0 Å². The molecular weight excluding hydrogens is 494 g/mol. The van der Waals surface area contributed by atoms with E-state index in [1.54, 1.807) is 0 Å². The molecule has 0 saturated heterocycles. The zero-order valence-electron chi connectivity index (χ0n) is 25.2. The number of aryl methyl sites for hydroxylation is 1. The molecule has 0 bridgehead atoms. The molecule has 1 heterocycles. The number of hydrogen-bond acceptors (Lipinski definition) is 3. The number of hydrogen-bond donors (Lipinski definition) is 3. The van der Waals surface area contributed by atoms with Crippen LogP contribution in [0, 0.1) is 23.2 Å². The van der Waals surface area contributed by atoms with E-state index in [9.17, 15) is 15.3 Å². The van der Waals surface area contributed by atoms with E-state index in [0.29, 0.717) is 30.6 Å². The van der Waals surface area contributed by atoms with Crippen LogP contribution in [0.25, 0.3) is 0 Å². The second-order valence-electron chi connectivity index (χ2n) is 13.8. The van der Waals surface area contributed by atoms with Crippen molar-refractivity contribution in [3.05, 3.63) is 71.6 Å². The van der Waals surface area contributed by atoms with E-state index in [1.165, 1.54) is 56.2 Å². The van der Waals surface area contributed by atoms with Crippen LogP contribution in [0.5, 0.6) is 0 Å². The van der Waals surface area contributed by atoms with E-state index in [2.05, 4.69) is 74.6 Å². The van der Waals surface area contributed by atoms with E-state index in [-0.39, 0.29) is 10.8 Å². The second kappa shape index (κ2) is 12.2. The molecule has 4 heteroatoms. The molecule has 1 aromatic rings. The highest BCUT2D eigenvalue weighted by Crippen LogP contribution is 2.60. The van der Waals surface area contributed by atoms with Gasteiger partial charge in [-0.05, 0) is 104 Å². The van der Waals surface area contributed by atoms with Crippen LogP contribution < -0.4 is 0 Å². The number of allylic oxidation sites excluding steroid dienone is 4. The average Bonchev–Trinajstić information content (AvgIpc) is 3.45. The number of aromatic nitrogens is 1. The van der Waals surface area contributed by atoms with Gasteiger partial charge in [-0.2, -0.15) is 0 Å². The Hall–Kier alpha value is -1.88. The Kier molecular flexibility index (Phi) is 9.00. The molecule has 40 heavy (non-hydrogen) atoms. The van der Waals surface area contributed by atoms with Gasteiger partial charge in [0.15, 0.2) is 0 Å².